The minimum Gasteiger partial charge on any atom is -0.222 e. The molecule has 1 aromatic rings. The van der Waals surface area contributed by atoms with Crippen molar-refractivity contribution in [3.05, 3.63) is 8.99 Å². The molecule has 0 saturated carbocycles. The molecule has 0 amide bonds. The van der Waals surface area contributed by atoms with Crippen LogP contribution in [0.2, 0.25) is 0 Å². The monoisotopic (exact) mass is 288 g/mol. The highest BCUT2D eigenvalue weighted by Crippen LogP contribution is 1.97. The molecular weight excluding hydrogens is 276 g/mol. The molecule has 0 radical (unpaired) electrons. The predicted octanol–water partition coefficient (Wildman–Crippen LogP) is -3.43. The molecule has 0 saturated heterocycles. The third kappa shape index (κ3) is 8.11. The fourth-order valence-electron chi connectivity index (χ4n) is 0.871. The Labute approximate surface area is 104 Å². The number of rotatable bonds is 2. The van der Waals surface area contributed by atoms with Gasteiger partial charge in [-0.25, -0.2) is 23.2 Å². The molecular formula is C7H13ClN2O4S2. The first-order chi connectivity index (χ1) is 7.27. The van der Waals surface area contributed by atoms with Gasteiger partial charge in [-0.15, -0.1) is 10.2 Å². The molecule has 94 valence electrons. The van der Waals surface area contributed by atoms with Crippen LogP contribution in [0.4, 0.5) is 0 Å². The van der Waals surface area contributed by atoms with E-state index in [1.807, 2.05) is 6.92 Å². The molecule has 1 heterocycles. The van der Waals surface area contributed by atoms with E-state index in [0.717, 1.165) is 18.1 Å². The standard InChI is InChI=1S/C7H13N2S2.ClHO4/c1-4-9(5-2)7-10-6(3)8-11-7;2-1(3,4)5/h4-5H2,1-3H3;(H,2,3,4,5)/q+1;/p-1. The average Bonchev–Trinajstić information content (AvgIpc) is 2.51. The van der Waals surface area contributed by atoms with Gasteiger partial charge in [-0.1, -0.05) is 0 Å². The largest absolute Gasteiger partial charge is 0.333 e. The van der Waals surface area contributed by atoms with Crippen LogP contribution in [0.5, 0.6) is 0 Å². The van der Waals surface area contributed by atoms with Gasteiger partial charge < -0.3 is 0 Å². The Balaban J connectivity index is 0.000000385. The summed E-state index contributed by atoms with van der Waals surface area (Å²) in [5, 5.41) is 1.16. The lowest BCUT2D eigenvalue weighted by atomic mass is 10.6. The molecule has 0 aliphatic carbocycles. The number of aryl methyl sites for hydroxylation is 1. The number of halogens is 1. The van der Waals surface area contributed by atoms with Gasteiger partial charge in [0.25, 0.3) is 0 Å². The highest BCUT2D eigenvalue weighted by atomic mass is 35.7. The van der Waals surface area contributed by atoms with Gasteiger partial charge in [-0.3, -0.25) is 0 Å². The van der Waals surface area contributed by atoms with Crippen molar-refractivity contribution in [2.24, 2.45) is 0 Å². The van der Waals surface area contributed by atoms with E-state index in [4.69, 9.17) is 18.6 Å². The van der Waals surface area contributed by atoms with Crippen molar-refractivity contribution in [3.8, 4) is 0 Å². The first kappa shape index (κ1) is 15.9. The second kappa shape index (κ2) is 7.28. The molecule has 16 heavy (non-hydrogen) atoms. The maximum atomic E-state index is 8.49. The van der Waals surface area contributed by atoms with Gasteiger partial charge in [0.15, 0.2) is 0 Å². The van der Waals surface area contributed by atoms with E-state index in [1.165, 1.54) is 3.98 Å². The van der Waals surface area contributed by atoms with E-state index < -0.39 is 10.2 Å². The second-order valence-corrected chi connectivity index (χ2v) is 5.57. The molecule has 0 spiro atoms. The zero-order valence-corrected chi connectivity index (χ0v) is 11.5. The zero-order valence-electron chi connectivity index (χ0n) is 9.14. The van der Waals surface area contributed by atoms with Gasteiger partial charge in [-0.05, 0) is 32.1 Å². The molecule has 0 aromatic carbocycles. The number of hydrogen-bond donors (Lipinski definition) is 0. The van der Waals surface area contributed by atoms with Crippen molar-refractivity contribution in [3.63, 3.8) is 0 Å². The summed E-state index contributed by atoms with van der Waals surface area (Å²) in [6.45, 7) is 8.55. The summed E-state index contributed by atoms with van der Waals surface area (Å²) in [5.41, 5.74) is 0. The predicted molar refractivity (Wildman–Crippen MR) is 51.1 cm³/mol. The van der Waals surface area contributed by atoms with Crippen molar-refractivity contribution in [1.82, 2.24) is 8.95 Å². The van der Waals surface area contributed by atoms with Crippen LogP contribution in [0.15, 0.2) is 0 Å². The molecule has 0 N–H and O–H groups in total. The molecule has 0 aliphatic rings. The Morgan fingerprint density at radius 3 is 1.88 bits per heavy atom. The van der Waals surface area contributed by atoms with E-state index in [9.17, 15) is 0 Å². The van der Waals surface area contributed by atoms with Gasteiger partial charge in [0.2, 0.25) is 0 Å². The van der Waals surface area contributed by atoms with Gasteiger partial charge >= 0.3 is 3.98 Å². The van der Waals surface area contributed by atoms with Crippen LogP contribution in [-0.2, 0) is 0 Å². The van der Waals surface area contributed by atoms with Crippen LogP contribution in [-0.4, -0.2) is 17.5 Å². The molecule has 0 aliphatic heterocycles. The summed E-state index contributed by atoms with van der Waals surface area (Å²) in [6, 6.07) is 0. The molecule has 0 atom stereocenters. The Morgan fingerprint density at radius 1 is 1.19 bits per heavy atom. The summed E-state index contributed by atoms with van der Waals surface area (Å²) >= 11 is 3.38. The topological polar surface area (TPSA) is 108 Å². The Morgan fingerprint density at radius 2 is 1.62 bits per heavy atom. The molecule has 0 fully saturated rings. The molecule has 0 unspecified atom stereocenters. The van der Waals surface area contributed by atoms with Crippen molar-refractivity contribution in [1.29, 1.82) is 0 Å². The zero-order chi connectivity index (χ0) is 12.8. The summed E-state index contributed by atoms with van der Waals surface area (Å²) < 4.78 is 41.9. The fraction of sp³-hybridized carbons (Fsp3) is 0.714. The second-order valence-electron chi connectivity index (χ2n) is 2.62. The van der Waals surface area contributed by atoms with Gasteiger partial charge in [0.05, 0.1) is 0 Å². The number of hydrogen-bond acceptors (Lipinski definition) is 7. The first-order valence-corrected chi connectivity index (χ1v) is 7.23. The van der Waals surface area contributed by atoms with Gasteiger partial charge in [-0.2, -0.15) is 4.37 Å². The number of nitrogens with zero attached hydrogens (tertiary/aromatic N) is 2. The van der Waals surface area contributed by atoms with E-state index in [1.54, 1.807) is 22.9 Å². The quantitative estimate of drug-likeness (QED) is 0.526. The number of aromatic nitrogens is 1. The third-order valence-electron chi connectivity index (χ3n) is 1.51. The van der Waals surface area contributed by atoms with E-state index in [0.29, 0.717) is 0 Å². The maximum absolute atomic E-state index is 8.49. The van der Waals surface area contributed by atoms with Crippen molar-refractivity contribution in [2.45, 2.75) is 20.8 Å². The van der Waals surface area contributed by atoms with Crippen molar-refractivity contribution in [2.75, 3.05) is 13.1 Å². The van der Waals surface area contributed by atoms with Crippen LogP contribution in [0.3, 0.4) is 0 Å². The highest BCUT2D eigenvalue weighted by molar-refractivity contribution is 7.23. The lowest BCUT2D eigenvalue weighted by Gasteiger charge is -2.17. The molecule has 9 heteroatoms. The van der Waals surface area contributed by atoms with Crippen molar-refractivity contribution < 1.29 is 28.9 Å². The van der Waals surface area contributed by atoms with Crippen LogP contribution < -0.4 is 27.2 Å². The average molecular weight is 289 g/mol. The van der Waals surface area contributed by atoms with Crippen LogP contribution in [0.25, 0.3) is 0 Å². The van der Waals surface area contributed by atoms with Gasteiger partial charge in [0, 0.05) is 11.5 Å². The third-order valence-corrected chi connectivity index (χ3v) is 3.70. The Hall–Kier alpha value is -0.0900. The van der Waals surface area contributed by atoms with Gasteiger partial charge in [0.1, 0.15) is 18.1 Å². The highest BCUT2D eigenvalue weighted by Gasteiger charge is 2.02. The summed E-state index contributed by atoms with van der Waals surface area (Å²) in [6.07, 6.45) is 0. The Kier molecular flexibility index (Phi) is 7.24. The SMILES string of the molecule is CC[N+](CC)=c1snc(C)s1.[O-][Cl+3]([O-])([O-])[O-]. The lowest BCUT2D eigenvalue weighted by Crippen LogP contribution is -2.68. The molecule has 1 rings (SSSR count). The normalized spacial score (nSPS) is 10.7. The van der Waals surface area contributed by atoms with Crippen molar-refractivity contribution >= 4 is 22.9 Å². The minimum absolute atomic E-state index is 1.08. The smallest absolute Gasteiger partial charge is 0.222 e. The Bertz CT molecular complexity index is 359. The minimum atomic E-state index is -4.94. The molecule has 1 aromatic heterocycles. The summed E-state index contributed by atoms with van der Waals surface area (Å²) in [4.78, 5) is 0. The first-order valence-electron chi connectivity index (χ1n) is 4.41. The van der Waals surface area contributed by atoms with Crippen LogP contribution in [0.1, 0.15) is 18.9 Å². The molecule has 6 nitrogen and oxygen atoms in total. The van der Waals surface area contributed by atoms with E-state index in [2.05, 4.69) is 22.8 Å². The van der Waals surface area contributed by atoms with Crippen LogP contribution in [0, 0.1) is 17.2 Å². The fourth-order valence-corrected chi connectivity index (χ4v) is 2.97. The summed E-state index contributed by atoms with van der Waals surface area (Å²) in [7, 11) is -4.94. The summed E-state index contributed by atoms with van der Waals surface area (Å²) in [5.74, 6) is 0. The lowest BCUT2D eigenvalue weighted by molar-refractivity contribution is -2.00. The van der Waals surface area contributed by atoms with E-state index in [-0.39, 0.29) is 0 Å². The maximum Gasteiger partial charge on any atom is 0.333 e. The molecule has 0 bridgehead atoms. The van der Waals surface area contributed by atoms with Crippen LogP contribution >= 0.6 is 22.9 Å². The van der Waals surface area contributed by atoms with E-state index >= 15 is 0 Å².